The van der Waals surface area contributed by atoms with Gasteiger partial charge in [-0.25, -0.2) is 4.79 Å². The van der Waals surface area contributed by atoms with Crippen LogP contribution >= 0.6 is 0 Å². The molecule has 240 valence electrons. The van der Waals surface area contributed by atoms with Crippen molar-refractivity contribution >= 4 is 29.5 Å². The smallest absolute Gasteiger partial charge is 0.315 e. The van der Waals surface area contributed by atoms with E-state index < -0.39 is 47.8 Å². The van der Waals surface area contributed by atoms with Crippen molar-refractivity contribution in [3.63, 3.8) is 0 Å². The molecule has 1 saturated carbocycles. The second-order valence-corrected chi connectivity index (χ2v) is 14.6. The first-order valence-electron chi connectivity index (χ1n) is 15.7. The molecule has 1 saturated heterocycles. The first-order valence-corrected chi connectivity index (χ1v) is 15.7. The minimum absolute atomic E-state index is 0.0977. The molecule has 1 aromatic carbocycles. The van der Waals surface area contributed by atoms with E-state index >= 15 is 0 Å². The summed E-state index contributed by atoms with van der Waals surface area (Å²) in [7, 11) is 0. The number of urea groups is 1. The molecule has 2 aliphatic carbocycles. The van der Waals surface area contributed by atoms with Crippen molar-refractivity contribution in [1.29, 1.82) is 0 Å². The van der Waals surface area contributed by atoms with Gasteiger partial charge in [-0.3, -0.25) is 19.2 Å². The van der Waals surface area contributed by atoms with Crippen LogP contribution in [0.2, 0.25) is 0 Å². The second kappa shape index (κ2) is 12.4. The number of fused-ring (bicyclic) bond motifs is 2. The van der Waals surface area contributed by atoms with Crippen molar-refractivity contribution in [2.75, 3.05) is 6.54 Å². The summed E-state index contributed by atoms with van der Waals surface area (Å²) in [6.45, 7) is 19.3. The summed E-state index contributed by atoms with van der Waals surface area (Å²) in [5.74, 6) is -2.53. The lowest BCUT2D eigenvalue weighted by molar-refractivity contribution is -0.144. The van der Waals surface area contributed by atoms with Gasteiger partial charge < -0.3 is 26.2 Å². The maximum absolute atomic E-state index is 14.4. The van der Waals surface area contributed by atoms with Gasteiger partial charge in [-0.05, 0) is 73.3 Å². The Labute approximate surface area is 261 Å². The molecule has 4 unspecified atom stereocenters. The Kier molecular flexibility index (Phi) is 9.33. The Morgan fingerprint density at radius 2 is 1.55 bits per heavy atom. The van der Waals surface area contributed by atoms with Crippen molar-refractivity contribution in [1.82, 2.24) is 26.2 Å². The molecular formula is C34H49N5O5. The Hall–Kier alpha value is -3.69. The Balaban J connectivity index is 1.56. The molecule has 10 heteroatoms. The first kappa shape index (κ1) is 33.2. The van der Waals surface area contributed by atoms with Crippen LogP contribution in [0.1, 0.15) is 66.5 Å². The average Bonchev–Trinajstić information content (AvgIpc) is 3.31. The molecule has 7 atom stereocenters. The van der Waals surface area contributed by atoms with Crippen LogP contribution in [0.4, 0.5) is 4.79 Å². The molecule has 0 radical (unpaired) electrons. The predicted molar refractivity (Wildman–Crippen MR) is 168 cm³/mol. The summed E-state index contributed by atoms with van der Waals surface area (Å²) in [6, 6.07) is 4.31. The fourth-order valence-electron chi connectivity index (χ4n) is 6.70. The fraction of sp³-hybridized carbons (Fsp3) is 0.618. The third-order valence-corrected chi connectivity index (χ3v) is 10.2. The van der Waals surface area contributed by atoms with Crippen LogP contribution in [-0.4, -0.2) is 71.2 Å². The molecular weight excluding hydrogens is 558 g/mol. The van der Waals surface area contributed by atoms with Crippen LogP contribution in [0, 0.1) is 28.6 Å². The number of nitrogens with one attached hydrogen (secondary N) is 4. The van der Waals surface area contributed by atoms with Crippen molar-refractivity contribution in [2.24, 2.45) is 28.6 Å². The summed E-state index contributed by atoms with van der Waals surface area (Å²) >= 11 is 0. The van der Waals surface area contributed by atoms with Gasteiger partial charge in [0.15, 0.2) is 0 Å². The van der Waals surface area contributed by atoms with Crippen LogP contribution in [0.25, 0.3) is 0 Å². The van der Waals surface area contributed by atoms with Gasteiger partial charge in [0.05, 0.1) is 6.04 Å². The third kappa shape index (κ3) is 6.69. The fourth-order valence-corrected chi connectivity index (χ4v) is 6.70. The molecule has 10 nitrogen and oxygen atoms in total. The molecule has 0 aromatic heterocycles. The van der Waals surface area contributed by atoms with Gasteiger partial charge in [-0.1, -0.05) is 65.0 Å². The molecule has 5 amide bonds. The second-order valence-electron chi connectivity index (χ2n) is 14.6. The summed E-state index contributed by atoms with van der Waals surface area (Å²) < 4.78 is 0. The third-order valence-electron chi connectivity index (χ3n) is 10.2. The Morgan fingerprint density at radius 3 is 2.09 bits per heavy atom. The van der Waals surface area contributed by atoms with E-state index in [0.29, 0.717) is 19.4 Å². The van der Waals surface area contributed by atoms with Crippen molar-refractivity contribution in [3.05, 3.63) is 48.0 Å². The molecule has 4 rings (SSSR count). The number of piperidine rings is 1. The number of hydrogen-bond donors (Lipinski definition) is 4. The van der Waals surface area contributed by atoms with E-state index in [2.05, 4.69) is 41.7 Å². The minimum atomic E-state index is -1.08. The number of carbonyl (C=O) groups excluding carboxylic acids is 5. The number of carbonyl (C=O) groups is 5. The molecule has 1 aliphatic heterocycles. The number of benzene rings is 1. The van der Waals surface area contributed by atoms with E-state index in [4.69, 9.17) is 0 Å². The SMILES string of the molecule is C=CC(C)NC(=O)C(=O)C(C)NC(=O)[C@@H]1C2C(CN1C(=O)[C@@H](NC(=O)N[C@H](C)C(C)(C)C)C1Cc3ccccc3C1)C2(C)C. The molecule has 0 spiro atoms. The quantitative estimate of drug-likeness (QED) is 0.240. The number of hydrogen-bond acceptors (Lipinski definition) is 5. The molecule has 1 aromatic rings. The molecule has 1 heterocycles. The highest BCUT2D eigenvalue weighted by Gasteiger charge is 2.69. The number of amides is 5. The van der Waals surface area contributed by atoms with Crippen LogP contribution < -0.4 is 21.3 Å². The average molecular weight is 608 g/mol. The molecule has 2 fully saturated rings. The number of likely N-dealkylation sites (tertiary alicyclic amines) is 1. The number of rotatable bonds is 10. The monoisotopic (exact) mass is 607 g/mol. The topological polar surface area (TPSA) is 137 Å². The first-order chi connectivity index (χ1) is 20.5. The normalized spacial score (nSPS) is 24.5. The van der Waals surface area contributed by atoms with Gasteiger partial charge in [0.25, 0.3) is 5.91 Å². The van der Waals surface area contributed by atoms with Gasteiger partial charge >= 0.3 is 6.03 Å². The van der Waals surface area contributed by atoms with E-state index in [1.165, 1.54) is 13.0 Å². The van der Waals surface area contributed by atoms with Crippen LogP contribution in [-0.2, 0) is 32.0 Å². The zero-order chi connectivity index (χ0) is 32.7. The van der Waals surface area contributed by atoms with Crippen LogP contribution in [0.5, 0.6) is 0 Å². The van der Waals surface area contributed by atoms with E-state index in [1.807, 2.05) is 52.0 Å². The number of Topliss-reactive ketones (excluding diaryl/α,β-unsaturated/α-hetero) is 1. The van der Waals surface area contributed by atoms with E-state index in [9.17, 15) is 24.0 Å². The van der Waals surface area contributed by atoms with E-state index in [0.717, 1.165) is 11.1 Å². The van der Waals surface area contributed by atoms with Crippen LogP contribution in [0.3, 0.4) is 0 Å². The zero-order valence-corrected chi connectivity index (χ0v) is 27.3. The van der Waals surface area contributed by atoms with E-state index in [-0.39, 0.29) is 40.5 Å². The lowest BCUT2D eigenvalue weighted by Crippen LogP contribution is -2.61. The highest BCUT2D eigenvalue weighted by Crippen LogP contribution is 2.65. The maximum Gasteiger partial charge on any atom is 0.315 e. The highest BCUT2D eigenvalue weighted by molar-refractivity contribution is 6.38. The summed E-state index contributed by atoms with van der Waals surface area (Å²) in [5.41, 5.74) is 1.96. The van der Waals surface area contributed by atoms with Crippen molar-refractivity contribution < 1.29 is 24.0 Å². The zero-order valence-electron chi connectivity index (χ0n) is 27.3. The number of nitrogens with zero attached hydrogens (tertiary/aromatic N) is 1. The van der Waals surface area contributed by atoms with Gasteiger partial charge in [0.1, 0.15) is 12.1 Å². The van der Waals surface area contributed by atoms with Gasteiger partial charge in [0, 0.05) is 18.6 Å². The Bertz CT molecular complexity index is 1310. The summed E-state index contributed by atoms with van der Waals surface area (Å²) in [4.78, 5) is 68.3. The summed E-state index contributed by atoms with van der Waals surface area (Å²) in [6.07, 6.45) is 2.77. The maximum atomic E-state index is 14.4. The lowest BCUT2D eigenvalue weighted by Gasteiger charge is -2.36. The molecule has 0 bridgehead atoms. The predicted octanol–water partition coefficient (Wildman–Crippen LogP) is 2.75. The van der Waals surface area contributed by atoms with Crippen molar-refractivity contribution in [2.45, 2.75) is 98.4 Å². The van der Waals surface area contributed by atoms with Gasteiger partial charge in [-0.2, -0.15) is 0 Å². The van der Waals surface area contributed by atoms with Gasteiger partial charge in [-0.15, -0.1) is 6.58 Å². The minimum Gasteiger partial charge on any atom is -0.344 e. The highest BCUT2D eigenvalue weighted by atomic mass is 16.2. The number of ketones is 1. The molecule has 4 N–H and O–H groups in total. The van der Waals surface area contributed by atoms with E-state index in [1.54, 1.807) is 11.8 Å². The van der Waals surface area contributed by atoms with Crippen molar-refractivity contribution in [3.8, 4) is 0 Å². The summed E-state index contributed by atoms with van der Waals surface area (Å²) in [5, 5.41) is 11.2. The largest absolute Gasteiger partial charge is 0.344 e. The Morgan fingerprint density at radius 1 is 0.955 bits per heavy atom. The van der Waals surface area contributed by atoms with Crippen LogP contribution in [0.15, 0.2) is 36.9 Å². The molecule has 44 heavy (non-hydrogen) atoms. The standard InChI is InChI=1S/C34H49N5O5/c1-10-18(2)35-30(42)28(40)19(3)36-29(41)27-25-24(34(25,8)9)17-39(27)31(43)26(38-32(44)37-20(4)33(5,6)7)23-15-21-13-11-12-14-22(21)16-23/h10-14,18-20,23-27H,1,15-17H2,2-9H3,(H,35,42)(H,36,41)(H2,37,38,44)/t18?,19?,20-,24?,25?,26+,27+/m1/s1. The lowest BCUT2D eigenvalue weighted by atomic mass is 9.88. The van der Waals surface area contributed by atoms with Gasteiger partial charge in [0.2, 0.25) is 17.6 Å². The molecule has 3 aliphatic rings.